The lowest BCUT2D eigenvalue weighted by Crippen LogP contribution is -2.18. The van der Waals surface area contributed by atoms with Crippen LogP contribution in [-0.2, 0) is 0 Å². The molecule has 0 bridgehead atoms. The predicted molar refractivity (Wildman–Crippen MR) is 62.9 cm³/mol. The second-order valence-electron chi connectivity index (χ2n) is 3.58. The van der Waals surface area contributed by atoms with Gasteiger partial charge < -0.3 is 10.2 Å². The highest BCUT2D eigenvalue weighted by Gasteiger charge is 2.12. The van der Waals surface area contributed by atoms with E-state index in [2.05, 4.69) is 25.7 Å². The van der Waals surface area contributed by atoms with Gasteiger partial charge in [0.25, 0.3) is 5.91 Å². The van der Waals surface area contributed by atoms with Gasteiger partial charge in [-0.05, 0) is 12.1 Å². The van der Waals surface area contributed by atoms with E-state index in [1.807, 2.05) is 19.0 Å². The van der Waals surface area contributed by atoms with Crippen molar-refractivity contribution in [1.29, 1.82) is 0 Å². The number of anilines is 2. The summed E-state index contributed by atoms with van der Waals surface area (Å²) in [5, 5.41) is 12.4. The number of aromatic nitrogens is 4. The van der Waals surface area contributed by atoms with Crippen molar-refractivity contribution in [1.82, 2.24) is 20.4 Å². The van der Waals surface area contributed by atoms with Crippen molar-refractivity contribution in [3.63, 3.8) is 0 Å². The van der Waals surface area contributed by atoms with E-state index in [-0.39, 0.29) is 11.6 Å². The Kier molecular flexibility index (Phi) is 2.99. The summed E-state index contributed by atoms with van der Waals surface area (Å²) in [5.74, 6) is 0.360. The molecule has 7 heteroatoms. The molecule has 0 atom stereocenters. The molecular formula is C10H12N6O. The number of amides is 1. The maximum absolute atomic E-state index is 11.8. The van der Waals surface area contributed by atoms with Gasteiger partial charge in [0.1, 0.15) is 0 Å². The zero-order valence-electron chi connectivity index (χ0n) is 9.51. The lowest BCUT2D eigenvalue weighted by atomic mass is 10.3. The minimum Gasteiger partial charge on any atom is -0.361 e. The average Bonchev–Trinajstić information content (AvgIpc) is 2.83. The van der Waals surface area contributed by atoms with Crippen molar-refractivity contribution >= 4 is 17.4 Å². The molecular weight excluding hydrogens is 220 g/mol. The third kappa shape index (κ3) is 2.39. The van der Waals surface area contributed by atoms with Gasteiger partial charge >= 0.3 is 0 Å². The first kappa shape index (κ1) is 11.1. The largest absolute Gasteiger partial charge is 0.361 e. The number of rotatable bonds is 3. The van der Waals surface area contributed by atoms with Gasteiger partial charge in [0.05, 0.1) is 11.9 Å². The van der Waals surface area contributed by atoms with Crippen molar-refractivity contribution < 1.29 is 4.79 Å². The highest BCUT2D eigenvalue weighted by Crippen LogP contribution is 2.20. The van der Waals surface area contributed by atoms with Crippen LogP contribution in [-0.4, -0.2) is 40.4 Å². The van der Waals surface area contributed by atoms with Crippen molar-refractivity contribution in [2.24, 2.45) is 0 Å². The number of nitrogens with one attached hydrogen (secondary N) is 2. The maximum Gasteiger partial charge on any atom is 0.277 e. The number of H-pyrrole nitrogens is 1. The molecule has 0 radical (unpaired) electrons. The minimum absolute atomic E-state index is 0.235. The van der Waals surface area contributed by atoms with Crippen molar-refractivity contribution in [3.8, 4) is 0 Å². The highest BCUT2D eigenvalue weighted by atomic mass is 16.2. The van der Waals surface area contributed by atoms with Crippen molar-refractivity contribution in [2.75, 3.05) is 24.3 Å². The Morgan fingerprint density at radius 1 is 1.47 bits per heavy atom. The standard InChI is InChI=1S/C10H12N6O/c1-16(2)9-7(4-3-5-11-9)13-10(17)8-6-12-15-14-8/h3-6H,1-2H3,(H,13,17)(H,12,14,15). The van der Waals surface area contributed by atoms with Gasteiger partial charge in [0.2, 0.25) is 0 Å². The number of aromatic amines is 1. The first-order valence-corrected chi connectivity index (χ1v) is 4.98. The normalized spacial score (nSPS) is 10.0. The van der Waals surface area contributed by atoms with Gasteiger partial charge in [-0.2, -0.15) is 15.4 Å². The topological polar surface area (TPSA) is 86.8 Å². The summed E-state index contributed by atoms with van der Waals surface area (Å²) < 4.78 is 0. The molecule has 0 spiro atoms. The zero-order valence-corrected chi connectivity index (χ0v) is 9.51. The molecule has 2 aromatic heterocycles. The van der Waals surface area contributed by atoms with E-state index >= 15 is 0 Å². The molecule has 0 aromatic carbocycles. The summed E-state index contributed by atoms with van der Waals surface area (Å²) in [6.45, 7) is 0. The summed E-state index contributed by atoms with van der Waals surface area (Å²) in [6.07, 6.45) is 3.03. The average molecular weight is 232 g/mol. The molecule has 0 aliphatic rings. The summed E-state index contributed by atoms with van der Waals surface area (Å²) in [7, 11) is 3.71. The smallest absolute Gasteiger partial charge is 0.277 e. The number of pyridine rings is 1. The summed E-state index contributed by atoms with van der Waals surface area (Å²) in [5.41, 5.74) is 0.865. The molecule has 0 aliphatic carbocycles. The summed E-state index contributed by atoms with van der Waals surface area (Å²) >= 11 is 0. The van der Waals surface area contributed by atoms with Crippen LogP contribution < -0.4 is 10.2 Å². The summed E-state index contributed by atoms with van der Waals surface area (Å²) in [4.78, 5) is 17.8. The molecule has 1 amide bonds. The van der Waals surface area contributed by atoms with Gasteiger partial charge in [0, 0.05) is 20.3 Å². The number of nitrogens with zero attached hydrogens (tertiary/aromatic N) is 4. The van der Waals surface area contributed by atoms with Crippen LogP contribution in [0, 0.1) is 0 Å². The molecule has 88 valence electrons. The van der Waals surface area contributed by atoms with Crippen LogP contribution in [0.25, 0.3) is 0 Å². The Hall–Kier alpha value is -2.44. The highest BCUT2D eigenvalue weighted by molar-refractivity contribution is 6.04. The van der Waals surface area contributed by atoms with Gasteiger partial charge in [0.15, 0.2) is 11.5 Å². The number of hydrogen-bond acceptors (Lipinski definition) is 5. The molecule has 2 N–H and O–H groups in total. The molecule has 0 saturated carbocycles. The van der Waals surface area contributed by atoms with Crippen LogP contribution in [0.15, 0.2) is 24.5 Å². The molecule has 2 rings (SSSR count). The van der Waals surface area contributed by atoms with E-state index in [4.69, 9.17) is 0 Å². The fourth-order valence-corrected chi connectivity index (χ4v) is 1.35. The Morgan fingerprint density at radius 3 is 2.94 bits per heavy atom. The number of carbonyl (C=O) groups is 1. The molecule has 0 fully saturated rings. The lowest BCUT2D eigenvalue weighted by Gasteiger charge is -2.15. The van der Waals surface area contributed by atoms with Crippen LogP contribution in [0.2, 0.25) is 0 Å². The van der Waals surface area contributed by atoms with Crippen molar-refractivity contribution in [2.45, 2.75) is 0 Å². The second-order valence-corrected chi connectivity index (χ2v) is 3.58. The SMILES string of the molecule is CN(C)c1ncccc1NC(=O)c1cn[nH]n1. The molecule has 17 heavy (non-hydrogen) atoms. The number of carbonyl (C=O) groups excluding carboxylic acids is 1. The lowest BCUT2D eigenvalue weighted by molar-refractivity contribution is 0.102. The zero-order chi connectivity index (χ0) is 12.3. The first-order chi connectivity index (χ1) is 8.18. The van der Waals surface area contributed by atoms with E-state index in [1.54, 1.807) is 18.3 Å². The molecule has 7 nitrogen and oxygen atoms in total. The van der Waals surface area contributed by atoms with Crippen LogP contribution in [0.5, 0.6) is 0 Å². The van der Waals surface area contributed by atoms with Crippen LogP contribution >= 0.6 is 0 Å². The summed E-state index contributed by atoms with van der Waals surface area (Å²) in [6, 6.07) is 3.53. The third-order valence-electron chi connectivity index (χ3n) is 2.11. The fourth-order valence-electron chi connectivity index (χ4n) is 1.35. The fraction of sp³-hybridized carbons (Fsp3) is 0.200. The molecule has 2 aromatic rings. The molecule has 0 saturated heterocycles. The first-order valence-electron chi connectivity index (χ1n) is 4.98. The van der Waals surface area contributed by atoms with Crippen LogP contribution in [0.3, 0.4) is 0 Å². The van der Waals surface area contributed by atoms with E-state index in [0.717, 1.165) is 0 Å². The molecule has 0 aliphatic heterocycles. The number of hydrogen-bond donors (Lipinski definition) is 2. The predicted octanol–water partition coefficient (Wildman–Crippen LogP) is 0.518. The molecule has 0 unspecified atom stereocenters. The van der Waals surface area contributed by atoms with Gasteiger partial charge in [-0.15, -0.1) is 0 Å². The maximum atomic E-state index is 11.8. The van der Waals surface area contributed by atoms with E-state index in [0.29, 0.717) is 11.5 Å². The quantitative estimate of drug-likeness (QED) is 0.805. The Morgan fingerprint density at radius 2 is 2.29 bits per heavy atom. The Labute approximate surface area is 97.9 Å². The van der Waals surface area contributed by atoms with Gasteiger partial charge in [-0.25, -0.2) is 4.98 Å². The van der Waals surface area contributed by atoms with Crippen LogP contribution in [0.4, 0.5) is 11.5 Å². The van der Waals surface area contributed by atoms with Gasteiger partial charge in [-0.1, -0.05) is 0 Å². The van der Waals surface area contributed by atoms with E-state index < -0.39 is 0 Å². The molecule has 2 heterocycles. The Bertz CT molecular complexity index is 507. The van der Waals surface area contributed by atoms with E-state index in [1.165, 1.54) is 6.20 Å². The monoisotopic (exact) mass is 232 g/mol. The second kappa shape index (κ2) is 4.60. The van der Waals surface area contributed by atoms with Gasteiger partial charge in [-0.3, -0.25) is 4.79 Å². The van der Waals surface area contributed by atoms with Crippen LogP contribution in [0.1, 0.15) is 10.5 Å². The minimum atomic E-state index is -0.324. The third-order valence-corrected chi connectivity index (χ3v) is 2.11. The Balaban J connectivity index is 2.22. The van der Waals surface area contributed by atoms with E-state index in [9.17, 15) is 4.79 Å². The van der Waals surface area contributed by atoms with Crippen molar-refractivity contribution in [3.05, 3.63) is 30.2 Å².